The van der Waals surface area contributed by atoms with E-state index in [1.54, 1.807) is 0 Å². The van der Waals surface area contributed by atoms with Crippen molar-refractivity contribution in [1.82, 2.24) is 14.9 Å². The monoisotopic (exact) mass is 305 g/mol. The van der Waals surface area contributed by atoms with Gasteiger partial charge in [-0.1, -0.05) is 12.8 Å². The largest absolute Gasteiger partial charge is 0.381 e. The summed E-state index contributed by atoms with van der Waals surface area (Å²) < 4.78 is 7.71. The van der Waals surface area contributed by atoms with E-state index >= 15 is 0 Å². The minimum absolute atomic E-state index is 0.239. The molecule has 2 fully saturated rings. The maximum atomic E-state index is 12.1. The van der Waals surface area contributed by atoms with Gasteiger partial charge >= 0.3 is 0 Å². The SMILES string of the molecule is Cc1cnc(C2CCOCC2)n1CCNC(=O)C1CCCC1. The Morgan fingerprint density at radius 1 is 1.32 bits per heavy atom. The van der Waals surface area contributed by atoms with Gasteiger partial charge < -0.3 is 14.6 Å². The molecule has 0 spiro atoms. The molecular weight excluding hydrogens is 278 g/mol. The highest BCUT2D eigenvalue weighted by Crippen LogP contribution is 2.27. The number of hydrogen-bond donors (Lipinski definition) is 1. The number of carbonyl (C=O) groups is 1. The van der Waals surface area contributed by atoms with Gasteiger partial charge in [0.2, 0.25) is 5.91 Å². The molecule has 1 amide bonds. The smallest absolute Gasteiger partial charge is 0.223 e. The minimum atomic E-state index is 0.239. The molecule has 2 aliphatic rings. The third-order valence-corrected chi connectivity index (χ3v) is 5.03. The van der Waals surface area contributed by atoms with Crippen molar-refractivity contribution in [3.8, 4) is 0 Å². The molecule has 1 saturated carbocycles. The molecule has 1 aromatic rings. The second-order valence-corrected chi connectivity index (χ2v) is 6.57. The van der Waals surface area contributed by atoms with Gasteiger partial charge in [-0.3, -0.25) is 4.79 Å². The second-order valence-electron chi connectivity index (χ2n) is 6.57. The predicted octanol–water partition coefficient (Wildman–Crippen LogP) is 2.39. The van der Waals surface area contributed by atoms with E-state index in [1.165, 1.54) is 18.5 Å². The number of carbonyl (C=O) groups excluding carboxylic acids is 1. The number of nitrogens with zero attached hydrogens (tertiary/aromatic N) is 2. The first-order valence-electron chi connectivity index (χ1n) is 8.63. The summed E-state index contributed by atoms with van der Waals surface area (Å²) in [4.78, 5) is 16.7. The quantitative estimate of drug-likeness (QED) is 0.909. The van der Waals surface area contributed by atoms with E-state index in [1.807, 2.05) is 6.20 Å². The Morgan fingerprint density at radius 2 is 2.05 bits per heavy atom. The molecule has 0 aromatic carbocycles. The summed E-state index contributed by atoms with van der Waals surface area (Å²) in [5, 5.41) is 3.11. The molecular formula is C17H27N3O2. The van der Waals surface area contributed by atoms with Crippen LogP contribution in [0, 0.1) is 12.8 Å². The summed E-state index contributed by atoms with van der Waals surface area (Å²) in [7, 11) is 0. The number of imidazole rings is 1. The average molecular weight is 305 g/mol. The summed E-state index contributed by atoms with van der Waals surface area (Å²) in [6.45, 7) is 5.26. The van der Waals surface area contributed by atoms with Gasteiger partial charge in [-0.2, -0.15) is 0 Å². The molecule has 3 rings (SSSR count). The topological polar surface area (TPSA) is 56.1 Å². The second kappa shape index (κ2) is 7.27. The van der Waals surface area contributed by atoms with Crippen LogP contribution < -0.4 is 5.32 Å². The normalized spacial score (nSPS) is 20.4. The lowest BCUT2D eigenvalue weighted by Gasteiger charge is -2.23. The lowest BCUT2D eigenvalue weighted by molar-refractivity contribution is -0.124. The Hall–Kier alpha value is -1.36. The highest BCUT2D eigenvalue weighted by Gasteiger charge is 2.23. The molecule has 2 heterocycles. The zero-order valence-corrected chi connectivity index (χ0v) is 13.5. The molecule has 1 aliphatic carbocycles. The zero-order valence-electron chi connectivity index (χ0n) is 13.5. The van der Waals surface area contributed by atoms with Gasteiger partial charge in [0.05, 0.1) is 0 Å². The van der Waals surface area contributed by atoms with Crippen LogP contribution in [0.5, 0.6) is 0 Å². The number of aryl methyl sites for hydroxylation is 1. The van der Waals surface area contributed by atoms with Crippen LogP contribution in [0.4, 0.5) is 0 Å². The van der Waals surface area contributed by atoms with Crippen LogP contribution in [0.2, 0.25) is 0 Å². The fourth-order valence-electron chi connectivity index (χ4n) is 3.68. The molecule has 5 heteroatoms. The van der Waals surface area contributed by atoms with Crippen LogP contribution in [0.15, 0.2) is 6.20 Å². The summed E-state index contributed by atoms with van der Waals surface area (Å²) in [6.07, 6.45) is 8.56. The lowest BCUT2D eigenvalue weighted by atomic mass is 9.99. The van der Waals surface area contributed by atoms with Crippen molar-refractivity contribution in [2.75, 3.05) is 19.8 Å². The van der Waals surface area contributed by atoms with Crippen molar-refractivity contribution in [1.29, 1.82) is 0 Å². The molecule has 0 atom stereocenters. The third kappa shape index (κ3) is 3.51. The van der Waals surface area contributed by atoms with E-state index < -0.39 is 0 Å². The Labute approximate surface area is 132 Å². The Balaban J connectivity index is 1.55. The van der Waals surface area contributed by atoms with Gasteiger partial charge in [0.15, 0.2) is 0 Å². The number of ether oxygens (including phenoxy) is 1. The summed E-state index contributed by atoms with van der Waals surface area (Å²) >= 11 is 0. The molecule has 1 aliphatic heterocycles. The summed E-state index contributed by atoms with van der Waals surface area (Å²) in [6, 6.07) is 0. The van der Waals surface area contributed by atoms with E-state index in [-0.39, 0.29) is 11.8 Å². The molecule has 1 aromatic heterocycles. The highest BCUT2D eigenvalue weighted by atomic mass is 16.5. The fourth-order valence-corrected chi connectivity index (χ4v) is 3.68. The Morgan fingerprint density at radius 3 is 2.77 bits per heavy atom. The highest BCUT2D eigenvalue weighted by molar-refractivity contribution is 5.78. The van der Waals surface area contributed by atoms with Crippen molar-refractivity contribution < 1.29 is 9.53 Å². The number of rotatable bonds is 5. The van der Waals surface area contributed by atoms with Crippen molar-refractivity contribution in [3.05, 3.63) is 17.7 Å². The van der Waals surface area contributed by atoms with Gasteiger partial charge in [-0.15, -0.1) is 0 Å². The first-order valence-corrected chi connectivity index (χ1v) is 8.63. The predicted molar refractivity (Wildman–Crippen MR) is 84.7 cm³/mol. The van der Waals surface area contributed by atoms with Gasteiger partial charge in [-0.25, -0.2) is 4.98 Å². The molecule has 1 N–H and O–H groups in total. The molecule has 22 heavy (non-hydrogen) atoms. The van der Waals surface area contributed by atoms with Crippen LogP contribution >= 0.6 is 0 Å². The van der Waals surface area contributed by atoms with Crippen LogP contribution in [0.3, 0.4) is 0 Å². The first-order chi connectivity index (χ1) is 10.8. The van der Waals surface area contributed by atoms with E-state index in [0.29, 0.717) is 12.5 Å². The van der Waals surface area contributed by atoms with Gasteiger partial charge in [0.25, 0.3) is 0 Å². The third-order valence-electron chi connectivity index (χ3n) is 5.03. The van der Waals surface area contributed by atoms with Crippen LogP contribution in [-0.4, -0.2) is 35.2 Å². The molecule has 5 nitrogen and oxygen atoms in total. The van der Waals surface area contributed by atoms with E-state index in [9.17, 15) is 4.79 Å². The molecule has 0 bridgehead atoms. The summed E-state index contributed by atoms with van der Waals surface area (Å²) in [5.41, 5.74) is 1.18. The van der Waals surface area contributed by atoms with E-state index in [2.05, 4.69) is 21.8 Å². The molecule has 0 unspecified atom stereocenters. The van der Waals surface area contributed by atoms with Crippen molar-refractivity contribution in [2.45, 2.75) is 57.9 Å². The standard InChI is InChI=1S/C17H27N3O2/c1-13-12-19-16(14-6-10-22-11-7-14)20(13)9-8-18-17(21)15-4-2-3-5-15/h12,14-15H,2-11H2,1H3,(H,18,21). The van der Waals surface area contributed by atoms with Crippen molar-refractivity contribution >= 4 is 5.91 Å². The van der Waals surface area contributed by atoms with Gasteiger partial charge in [-0.05, 0) is 32.6 Å². The van der Waals surface area contributed by atoms with Gasteiger partial charge in [0.1, 0.15) is 5.82 Å². The van der Waals surface area contributed by atoms with Crippen LogP contribution in [0.25, 0.3) is 0 Å². The molecule has 0 radical (unpaired) electrons. The molecule has 122 valence electrons. The fraction of sp³-hybridized carbons (Fsp3) is 0.765. The Bertz CT molecular complexity index is 500. The average Bonchev–Trinajstić information content (AvgIpc) is 3.19. The number of aromatic nitrogens is 2. The summed E-state index contributed by atoms with van der Waals surface area (Å²) in [5.74, 6) is 2.14. The zero-order chi connectivity index (χ0) is 15.4. The number of amides is 1. The van der Waals surface area contributed by atoms with Crippen molar-refractivity contribution in [2.24, 2.45) is 5.92 Å². The molecule has 1 saturated heterocycles. The van der Waals surface area contributed by atoms with Gasteiger partial charge in [0, 0.05) is 50.0 Å². The lowest BCUT2D eigenvalue weighted by Crippen LogP contribution is -2.32. The Kier molecular flexibility index (Phi) is 5.13. The van der Waals surface area contributed by atoms with Crippen LogP contribution in [0.1, 0.15) is 56.0 Å². The first kappa shape index (κ1) is 15.5. The van der Waals surface area contributed by atoms with E-state index in [0.717, 1.165) is 51.3 Å². The number of nitrogens with one attached hydrogen (secondary N) is 1. The maximum Gasteiger partial charge on any atom is 0.223 e. The van der Waals surface area contributed by atoms with E-state index in [4.69, 9.17) is 4.74 Å². The minimum Gasteiger partial charge on any atom is -0.381 e. The van der Waals surface area contributed by atoms with Crippen molar-refractivity contribution in [3.63, 3.8) is 0 Å². The number of hydrogen-bond acceptors (Lipinski definition) is 3. The van der Waals surface area contributed by atoms with Crippen LogP contribution in [-0.2, 0) is 16.1 Å². The maximum absolute atomic E-state index is 12.1.